The first kappa shape index (κ1) is 9.83. The smallest absolute Gasteiger partial charge is 0.125 e. The molecule has 0 radical (unpaired) electrons. The van der Waals surface area contributed by atoms with Crippen LogP contribution in [0, 0.1) is 17.8 Å². The highest BCUT2D eigenvalue weighted by Crippen LogP contribution is 2.48. The molecule has 0 bridgehead atoms. The van der Waals surface area contributed by atoms with Crippen molar-refractivity contribution in [3.8, 4) is 0 Å². The molecule has 2 aliphatic carbocycles. The highest BCUT2D eigenvalue weighted by atomic mass is 16.5. The molecule has 2 nitrogen and oxygen atoms in total. The summed E-state index contributed by atoms with van der Waals surface area (Å²) in [4.78, 5) is 11.0. The number of rotatable bonds is 1. The summed E-state index contributed by atoms with van der Waals surface area (Å²) in [5.74, 6) is 1.69. The summed E-state index contributed by atoms with van der Waals surface area (Å²) >= 11 is 0. The van der Waals surface area contributed by atoms with E-state index in [1.807, 2.05) is 0 Å². The van der Waals surface area contributed by atoms with Crippen molar-refractivity contribution in [2.75, 3.05) is 0 Å². The van der Waals surface area contributed by atoms with Crippen molar-refractivity contribution in [2.45, 2.75) is 57.2 Å². The Morgan fingerprint density at radius 2 is 1.73 bits per heavy atom. The summed E-state index contributed by atoms with van der Waals surface area (Å²) in [6.45, 7) is 0. The lowest BCUT2D eigenvalue weighted by Gasteiger charge is -2.32. The molecule has 1 heterocycles. The number of aldehydes is 1. The largest absolute Gasteiger partial charge is 0.374 e. The van der Waals surface area contributed by atoms with E-state index in [2.05, 4.69) is 0 Å². The maximum atomic E-state index is 11.0. The molecule has 0 aromatic heterocycles. The van der Waals surface area contributed by atoms with E-state index in [-0.39, 0.29) is 12.0 Å². The van der Waals surface area contributed by atoms with Crippen molar-refractivity contribution in [1.82, 2.24) is 0 Å². The lowest BCUT2D eigenvalue weighted by molar-refractivity contribution is -0.118. The SMILES string of the molecule is O=CC1CCCC2C3CCCCC3OC12. The minimum atomic E-state index is 0.203. The standard InChI is InChI=1S/C13H20O2/c14-8-9-4-3-6-11-10-5-1-2-7-12(10)15-13(9)11/h8-13H,1-7H2. The van der Waals surface area contributed by atoms with Crippen LogP contribution in [0.4, 0.5) is 0 Å². The highest BCUT2D eigenvalue weighted by Gasteiger charge is 2.48. The third kappa shape index (κ3) is 1.54. The van der Waals surface area contributed by atoms with Gasteiger partial charge in [-0.25, -0.2) is 0 Å². The van der Waals surface area contributed by atoms with Crippen molar-refractivity contribution >= 4 is 6.29 Å². The van der Waals surface area contributed by atoms with Crippen LogP contribution in [0.2, 0.25) is 0 Å². The van der Waals surface area contributed by atoms with Crippen molar-refractivity contribution < 1.29 is 9.53 Å². The molecule has 0 amide bonds. The Morgan fingerprint density at radius 3 is 2.60 bits per heavy atom. The molecule has 0 aromatic carbocycles. The fourth-order valence-electron chi connectivity index (χ4n) is 4.03. The molecular formula is C13H20O2. The van der Waals surface area contributed by atoms with Crippen molar-refractivity contribution in [3.05, 3.63) is 0 Å². The fraction of sp³-hybridized carbons (Fsp3) is 0.923. The fourth-order valence-corrected chi connectivity index (χ4v) is 4.03. The van der Waals surface area contributed by atoms with Crippen LogP contribution >= 0.6 is 0 Å². The minimum absolute atomic E-state index is 0.203. The van der Waals surface area contributed by atoms with Crippen LogP contribution in [0.25, 0.3) is 0 Å². The summed E-state index contributed by atoms with van der Waals surface area (Å²) < 4.78 is 6.14. The van der Waals surface area contributed by atoms with E-state index in [1.54, 1.807) is 0 Å². The first-order chi connectivity index (χ1) is 7.40. The van der Waals surface area contributed by atoms with Crippen molar-refractivity contribution in [3.63, 3.8) is 0 Å². The predicted molar refractivity (Wildman–Crippen MR) is 57.5 cm³/mol. The van der Waals surface area contributed by atoms with Crippen molar-refractivity contribution in [1.29, 1.82) is 0 Å². The lowest BCUT2D eigenvalue weighted by atomic mass is 9.71. The van der Waals surface area contributed by atoms with Crippen LogP contribution in [-0.2, 0) is 9.53 Å². The van der Waals surface area contributed by atoms with E-state index in [4.69, 9.17) is 4.74 Å². The quantitative estimate of drug-likeness (QED) is 0.619. The van der Waals surface area contributed by atoms with Gasteiger partial charge in [0.1, 0.15) is 6.29 Å². The average molecular weight is 208 g/mol. The van der Waals surface area contributed by atoms with Gasteiger partial charge in [-0.2, -0.15) is 0 Å². The van der Waals surface area contributed by atoms with Crippen LogP contribution in [0.1, 0.15) is 44.9 Å². The second kappa shape index (κ2) is 3.89. The molecule has 2 heteroatoms. The number of carbonyl (C=O) groups is 1. The van der Waals surface area contributed by atoms with Crippen LogP contribution in [-0.4, -0.2) is 18.5 Å². The van der Waals surface area contributed by atoms with Crippen LogP contribution in [0.15, 0.2) is 0 Å². The molecule has 2 saturated carbocycles. The summed E-state index contributed by atoms with van der Waals surface area (Å²) in [6.07, 6.45) is 10.8. The summed E-state index contributed by atoms with van der Waals surface area (Å²) in [5.41, 5.74) is 0. The van der Waals surface area contributed by atoms with E-state index in [0.717, 1.165) is 18.6 Å². The van der Waals surface area contributed by atoms with Gasteiger partial charge in [0.25, 0.3) is 0 Å². The summed E-state index contributed by atoms with van der Waals surface area (Å²) in [5, 5.41) is 0. The van der Waals surface area contributed by atoms with Gasteiger partial charge in [0.2, 0.25) is 0 Å². The number of fused-ring (bicyclic) bond motifs is 3. The second-order valence-corrected chi connectivity index (χ2v) is 5.48. The normalized spacial score (nSPS) is 49.5. The van der Waals surface area contributed by atoms with Gasteiger partial charge in [0, 0.05) is 5.92 Å². The molecule has 84 valence electrons. The zero-order chi connectivity index (χ0) is 10.3. The molecule has 3 rings (SSSR count). The molecule has 15 heavy (non-hydrogen) atoms. The Hall–Kier alpha value is -0.370. The number of hydrogen-bond donors (Lipinski definition) is 0. The molecule has 3 fully saturated rings. The zero-order valence-electron chi connectivity index (χ0n) is 9.23. The maximum Gasteiger partial charge on any atom is 0.125 e. The summed E-state index contributed by atoms with van der Waals surface area (Å²) in [7, 11) is 0. The molecule has 0 N–H and O–H groups in total. The maximum absolute atomic E-state index is 11.0. The molecule has 0 aromatic rings. The van der Waals surface area contributed by atoms with E-state index in [0.29, 0.717) is 12.0 Å². The van der Waals surface area contributed by atoms with Gasteiger partial charge in [-0.05, 0) is 37.5 Å². The highest BCUT2D eigenvalue weighted by molar-refractivity contribution is 5.55. The zero-order valence-corrected chi connectivity index (χ0v) is 9.23. The van der Waals surface area contributed by atoms with Gasteiger partial charge in [-0.15, -0.1) is 0 Å². The Labute approximate surface area is 91.4 Å². The Bertz CT molecular complexity index is 251. The molecule has 1 aliphatic heterocycles. The van der Waals surface area contributed by atoms with Gasteiger partial charge < -0.3 is 9.53 Å². The molecule has 5 atom stereocenters. The monoisotopic (exact) mass is 208 g/mol. The number of hydrogen-bond acceptors (Lipinski definition) is 2. The first-order valence-corrected chi connectivity index (χ1v) is 6.51. The lowest BCUT2D eigenvalue weighted by Crippen LogP contribution is -2.33. The van der Waals surface area contributed by atoms with Gasteiger partial charge in [0.15, 0.2) is 0 Å². The molecule has 3 aliphatic rings. The predicted octanol–water partition coefficient (Wildman–Crippen LogP) is 2.56. The van der Waals surface area contributed by atoms with E-state index in [9.17, 15) is 4.79 Å². The van der Waals surface area contributed by atoms with Crippen molar-refractivity contribution in [2.24, 2.45) is 17.8 Å². The minimum Gasteiger partial charge on any atom is -0.374 e. The Morgan fingerprint density at radius 1 is 0.933 bits per heavy atom. The van der Waals surface area contributed by atoms with Crippen LogP contribution in [0.5, 0.6) is 0 Å². The van der Waals surface area contributed by atoms with Crippen LogP contribution < -0.4 is 0 Å². The van der Waals surface area contributed by atoms with Gasteiger partial charge in [-0.3, -0.25) is 0 Å². The average Bonchev–Trinajstić information content (AvgIpc) is 2.67. The Kier molecular flexibility index (Phi) is 2.55. The molecule has 5 unspecified atom stereocenters. The second-order valence-electron chi connectivity index (χ2n) is 5.48. The van der Waals surface area contributed by atoms with E-state index < -0.39 is 0 Å². The molecule has 1 saturated heterocycles. The number of carbonyl (C=O) groups excluding carboxylic acids is 1. The van der Waals surface area contributed by atoms with E-state index >= 15 is 0 Å². The Balaban J connectivity index is 1.79. The topological polar surface area (TPSA) is 26.3 Å². The van der Waals surface area contributed by atoms with E-state index in [1.165, 1.54) is 38.5 Å². The first-order valence-electron chi connectivity index (χ1n) is 6.51. The summed E-state index contributed by atoms with van der Waals surface area (Å²) in [6, 6.07) is 0. The number of ether oxygens (including phenoxy) is 1. The molecule has 0 spiro atoms. The van der Waals surface area contributed by atoms with Crippen LogP contribution in [0.3, 0.4) is 0 Å². The third-order valence-electron chi connectivity index (χ3n) is 4.73. The molecular weight excluding hydrogens is 188 g/mol. The third-order valence-corrected chi connectivity index (χ3v) is 4.73. The van der Waals surface area contributed by atoms with Gasteiger partial charge in [0.05, 0.1) is 12.2 Å². The van der Waals surface area contributed by atoms with Gasteiger partial charge in [-0.1, -0.05) is 19.3 Å². The van der Waals surface area contributed by atoms with Gasteiger partial charge >= 0.3 is 0 Å².